The van der Waals surface area contributed by atoms with E-state index in [2.05, 4.69) is 12.6 Å². The van der Waals surface area contributed by atoms with Gasteiger partial charge >= 0.3 is 5.97 Å². The molecule has 0 fully saturated rings. The van der Waals surface area contributed by atoms with Gasteiger partial charge in [-0.1, -0.05) is 0 Å². The van der Waals surface area contributed by atoms with Crippen LogP contribution in [0.4, 0.5) is 0 Å². The number of benzene rings is 1. The number of hydrogen-bond donors (Lipinski definition) is 3. The van der Waals surface area contributed by atoms with E-state index in [0.29, 0.717) is 15.0 Å². The lowest BCUT2D eigenvalue weighted by molar-refractivity contribution is 0.0699. The largest absolute Gasteiger partial charge is 0.508 e. The summed E-state index contributed by atoms with van der Waals surface area (Å²) in [5.41, 5.74) is 0.116. The van der Waals surface area contributed by atoms with Crippen LogP contribution < -0.4 is 0 Å². The summed E-state index contributed by atoms with van der Waals surface area (Å²) >= 11 is 5.48. The van der Waals surface area contributed by atoms with Crippen LogP contribution in [0.5, 0.6) is 5.75 Å². The molecular formula is C9H6O3S2. The van der Waals surface area contributed by atoms with Gasteiger partial charge in [-0.3, -0.25) is 0 Å². The van der Waals surface area contributed by atoms with Crippen molar-refractivity contribution in [2.24, 2.45) is 0 Å². The van der Waals surface area contributed by atoms with Crippen molar-refractivity contribution in [2.45, 2.75) is 4.90 Å². The van der Waals surface area contributed by atoms with Crippen molar-refractivity contribution in [3.63, 3.8) is 0 Å². The highest BCUT2D eigenvalue weighted by Crippen LogP contribution is 2.34. The highest BCUT2D eigenvalue weighted by atomic mass is 32.1. The molecule has 0 radical (unpaired) electrons. The van der Waals surface area contributed by atoms with E-state index >= 15 is 0 Å². The lowest BCUT2D eigenvalue weighted by Gasteiger charge is -1.99. The standard InChI is InChI=1S/C9H6O3S2/c10-4-1-5-7(13)3-14-8(5)6(2-4)9(11)12/h1-3,10,13H,(H,11,12). The van der Waals surface area contributed by atoms with E-state index in [4.69, 9.17) is 5.11 Å². The van der Waals surface area contributed by atoms with Crippen molar-refractivity contribution in [2.75, 3.05) is 0 Å². The highest BCUT2D eigenvalue weighted by molar-refractivity contribution is 7.80. The molecular weight excluding hydrogens is 220 g/mol. The van der Waals surface area contributed by atoms with Crippen LogP contribution in [0.3, 0.4) is 0 Å². The molecule has 2 aromatic rings. The number of aromatic hydroxyl groups is 1. The predicted octanol–water partition coefficient (Wildman–Crippen LogP) is 2.59. The Morgan fingerprint density at radius 3 is 2.79 bits per heavy atom. The molecule has 0 saturated carbocycles. The second kappa shape index (κ2) is 3.18. The molecule has 0 atom stereocenters. The minimum absolute atomic E-state index is 0.0522. The van der Waals surface area contributed by atoms with Crippen LogP contribution in [-0.2, 0) is 0 Å². The first-order valence-electron chi connectivity index (χ1n) is 3.76. The average molecular weight is 226 g/mol. The van der Waals surface area contributed by atoms with E-state index in [-0.39, 0.29) is 11.3 Å². The maximum Gasteiger partial charge on any atom is 0.337 e. The number of hydrogen-bond acceptors (Lipinski definition) is 4. The number of phenols is 1. The third-order valence-corrected chi connectivity index (χ3v) is 3.44. The predicted molar refractivity (Wildman–Crippen MR) is 57.7 cm³/mol. The van der Waals surface area contributed by atoms with Gasteiger partial charge in [0, 0.05) is 15.7 Å². The Morgan fingerprint density at radius 2 is 2.14 bits per heavy atom. The number of carboxylic acid groups (broad SMARTS) is 1. The van der Waals surface area contributed by atoms with Crippen LogP contribution in [0.15, 0.2) is 22.4 Å². The zero-order chi connectivity index (χ0) is 10.3. The molecule has 1 aromatic carbocycles. The number of aromatic carboxylic acids is 1. The van der Waals surface area contributed by atoms with Crippen LogP contribution in [-0.4, -0.2) is 16.2 Å². The quantitative estimate of drug-likeness (QED) is 0.655. The summed E-state index contributed by atoms with van der Waals surface area (Å²) in [7, 11) is 0. The topological polar surface area (TPSA) is 57.5 Å². The van der Waals surface area contributed by atoms with Gasteiger partial charge in [-0.05, 0) is 12.1 Å². The summed E-state index contributed by atoms with van der Waals surface area (Å²) in [6.07, 6.45) is 0. The fraction of sp³-hybridized carbons (Fsp3) is 0. The molecule has 14 heavy (non-hydrogen) atoms. The number of fused-ring (bicyclic) bond motifs is 1. The maximum atomic E-state index is 10.8. The number of phenolic OH excluding ortho intramolecular Hbond substituents is 1. The Bertz CT molecular complexity index is 516. The second-order valence-electron chi connectivity index (χ2n) is 2.80. The minimum atomic E-state index is -1.04. The SMILES string of the molecule is O=C(O)c1cc(O)cc2c(S)csc12. The summed E-state index contributed by atoms with van der Waals surface area (Å²) in [4.78, 5) is 11.5. The Labute approximate surface area is 89.0 Å². The van der Waals surface area contributed by atoms with Crippen molar-refractivity contribution >= 4 is 40.0 Å². The zero-order valence-electron chi connectivity index (χ0n) is 6.89. The third kappa shape index (κ3) is 1.34. The smallest absolute Gasteiger partial charge is 0.337 e. The lowest BCUT2D eigenvalue weighted by Crippen LogP contribution is -1.95. The van der Waals surface area contributed by atoms with Gasteiger partial charge in [0.05, 0.1) is 10.3 Å². The number of thiophene rings is 1. The summed E-state index contributed by atoms with van der Waals surface area (Å²) in [6.45, 7) is 0. The number of rotatable bonds is 1. The number of thiol groups is 1. The first-order chi connectivity index (χ1) is 6.59. The van der Waals surface area contributed by atoms with Gasteiger partial charge in [0.1, 0.15) is 5.75 Å². The monoisotopic (exact) mass is 226 g/mol. The molecule has 0 spiro atoms. The molecule has 2 rings (SSSR count). The highest BCUT2D eigenvalue weighted by Gasteiger charge is 2.13. The van der Waals surface area contributed by atoms with E-state index in [9.17, 15) is 9.90 Å². The van der Waals surface area contributed by atoms with Crippen LogP contribution in [0.2, 0.25) is 0 Å². The fourth-order valence-electron chi connectivity index (χ4n) is 1.27. The summed E-state index contributed by atoms with van der Waals surface area (Å²) in [5, 5.41) is 20.6. The summed E-state index contributed by atoms with van der Waals surface area (Å²) in [6, 6.07) is 2.76. The molecule has 0 amide bonds. The van der Waals surface area contributed by atoms with E-state index in [1.165, 1.54) is 23.5 Å². The number of carbonyl (C=O) groups is 1. The molecule has 0 bridgehead atoms. The van der Waals surface area contributed by atoms with E-state index < -0.39 is 5.97 Å². The van der Waals surface area contributed by atoms with Crippen molar-refractivity contribution in [1.29, 1.82) is 0 Å². The van der Waals surface area contributed by atoms with Crippen molar-refractivity contribution < 1.29 is 15.0 Å². The van der Waals surface area contributed by atoms with Crippen LogP contribution >= 0.6 is 24.0 Å². The molecule has 0 aliphatic rings. The Morgan fingerprint density at radius 1 is 1.43 bits per heavy atom. The van der Waals surface area contributed by atoms with Gasteiger partial charge in [0.25, 0.3) is 0 Å². The van der Waals surface area contributed by atoms with Crippen molar-refractivity contribution in [1.82, 2.24) is 0 Å². The minimum Gasteiger partial charge on any atom is -0.508 e. The van der Waals surface area contributed by atoms with Gasteiger partial charge in [-0.15, -0.1) is 24.0 Å². The third-order valence-electron chi connectivity index (χ3n) is 1.87. The van der Waals surface area contributed by atoms with Crippen LogP contribution in [0, 0.1) is 0 Å². The maximum absolute atomic E-state index is 10.8. The summed E-state index contributed by atoms with van der Waals surface area (Å²) in [5.74, 6) is -1.09. The first kappa shape index (κ1) is 9.36. The molecule has 1 heterocycles. The molecule has 3 nitrogen and oxygen atoms in total. The van der Waals surface area contributed by atoms with Crippen LogP contribution in [0.25, 0.3) is 10.1 Å². The first-order valence-corrected chi connectivity index (χ1v) is 5.09. The number of carboxylic acids is 1. The van der Waals surface area contributed by atoms with Crippen molar-refractivity contribution in [3.8, 4) is 5.75 Å². The molecule has 0 aliphatic heterocycles. The molecule has 0 aliphatic carbocycles. The summed E-state index contributed by atoms with van der Waals surface area (Å²) < 4.78 is 0.639. The second-order valence-corrected chi connectivity index (χ2v) is 4.16. The Hall–Kier alpha value is -1.20. The molecule has 1 aromatic heterocycles. The average Bonchev–Trinajstić information content (AvgIpc) is 2.47. The molecule has 2 N–H and O–H groups in total. The Balaban J connectivity index is 2.88. The molecule has 5 heteroatoms. The van der Waals surface area contributed by atoms with Crippen molar-refractivity contribution in [3.05, 3.63) is 23.1 Å². The Kier molecular flexibility index (Phi) is 2.13. The van der Waals surface area contributed by atoms with Crippen LogP contribution in [0.1, 0.15) is 10.4 Å². The fourth-order valence-corrected chi connectivity index (χ4v) is 2.60. The lowest BCUT2D eigenvalue weighted by atomic mass is 10.1. The normalized spacial score (nSPS) is 10.6. The van der Waals surface area contributed by atoms with E-state index in [1.54, 1.807) is 5.38 Å². The van der Waals surface area contributed by atoms with E-state index in [0.717, 1.165) is 0 Å². The van der Waals surface area contributed by atoms with E-state index in [1.807, 2.05) is 0 Å². The molecule has 0 unspecified atom stereocenters. The van der Waals surface area contributed by atoms with Gasteiger partial charge in [0.2, 0.25) is 0 Å². The zero-order valence-corrected chi connectivity index (χ0v) is 8.60. The van der Waals surface area contributed by atoms with Gasteiger partial charge in [-0.2, -0.15) is 0 Å². The van der Waals surface area contributed by atoms with Gasteiger partial charge in [-0.25, -0.2) is 4.79 Å². The van der Waals surface area contributed by atoms with Gasteiger partial charge in [0.15, 0.2) is 0 Å². The molecule has 0 saturated heterocycles. The molecule has 72 valence electrons. The van der Waals surface area contributed by atoms with Gasteiger partial charge < -0.3 is 10.2 Å².